The first-order valence-corrected chi connectivity index (χ1v) is 7.22. The summed E-state index contributed by atoms with van der Waals surface area (Å²) in [6.07, 6.45) is 3.98. The summed E-state index contributed by atoms with van der Waals surface area (Å²) in [4.78, 5) is 4.49. The van der Waals surface area contributed by atoms with Gasteiger partial charge in [0, 0.05) is 23.9 Å². The van der Waals surface area contributed by atoms with Crippen LogP contribution >= 0.6 is 0 Å². The molecule has 0 saturated carbocycles. The second-order valence-corrected chi connectivity index (χ2v) is 5.04. The number of ether oxygens (including phenoxy) is 2. The Bertz CT molecular complexity index is 807. The van der Waals surface area contributed by atoms with Gasteiger partial charge in [0.05, 0.1) is 13.3 Å². The predicted octanol–water partition coefficient (Wildman–Crippen LogP) is 3.67. The van der Waals surface area contributed by atoms with E-state index in [0.717, 1.165) is 11.3 Å². The Morgan fingerprint density at radius 1 is 1.21 bits per heavy atom. The van der Waals surface area contributed by atoms with Crippen molar-refractivity contribution in [1.29, 1.82) is 0 Å². The van der Waals surface area contributed by atoms with Crippen LogP contribution in [0.25, 0.3) is 11.3 Å². The van der Waals surface area contributed by atoms with Gasteiger partial charge in [0.2, 0.25) is 0 Å². The number of rotatable bonds is 6. The van der Waals surface area contributed by atoms with Crippen LogP contribution in [-0.2, 0) is 6.42 Å². The van der Waals surface area contributed by atoms with E-state index in [-0.39, 0.29) is 5.75 Å². The van der Waals surface area contributed by atoms with Gasteiger partial charge in [-0.05, 0) is 29.8 Å². The number of pyridine rings is 1. The molecule has 5 nitrogen and oxygen atoms in total. The summed E-state index contributed by atoms with van der Waals surface area (Å²) in [6, 6.07) is 10.2. The zero-order valence-corrected chi connectivity index (χ0v) is 12.9. The quantitative estimate of drug-likeness (QED) is 0.749. The van der Waals surface area contributed by atoms with Crippen LogP contribution in [0.5, 0.6) is 11.5 Å². The minimum Gasteiger partial charge on any atom is -0.497 e. The number of benzene rings is 1. The van der Waals surface area contributed by atoms with Gasteiger partial charge in [-0.15, -0.1) is 0 Å². The molecule has 24 heavy (non-hydrogen) atoms. The molecule has 2 aromatic heterocycles. The second kappa shape index (κ2) is 7.08. The van der Waals surface area contributed by atoms with Crippen molar-refractivity contribution >= 4 is 0 Å². The minimum atomic E-state index is -2.92. The lowest BCUT2D eigenvalue weighted by atomic mass is 10.1. The van der Waals surface area contributed by atoms with Crippen molar-refractivity contribution in [3.05, 3.63) is 60.0 Å². The first kappa shape index (κ1) is 15.9. The normalized spacial score (nSPS) is 10.8. The molecule has 0 atom stereocenters. The molecule has 124 valence electrons. The molecule has 7 heteroatoms. The minimum absolute atomic E-state index is 0.0224. The zero-order chi connectivity index (χ0) is 16.9. The molecule has 0 aliphatic heterocycles. The summed E-state index contributed by atoms with van der Waals surface area (Å²) in [5.74, 6) is 0.631. The number of nitrogens with one attached hydrogen (secondary N) is 1. The Morgan fingerprint density at radius 2 is 2.08 bits per heavy atom. The fourth-order valence-electron chi connectivity index (χ4n) is 2.34. The van der Waals surface area contributed by atoms with Crippen molar-refractivity contribution in [3.63, 3.8) is 0 Å². The second-order valence-electron chi connectivity index (χ2n) is 5.04. The Kier molecular flexibility index (Phi) is 4.69. The van der Waals surface area contributed by atoms with Gasteiger partial charge in [-0.3, -0.25) is 5.10 Å². The van der Waals surface area contributed by atoms with Crippen molar-refractivity contribution in [1.82, 2.24) is 15.2 Å². The molecular formula is C17H15F2N3O2. The molecule has 0 fully saturated rings. The number of hydrogen-bond donors (Lipinski definition) is 1. The molecule has 3 rings (SSSR count). The van der Waals surface area contributed by atoms with E-state index in [0.29, 0.717) is 23.4 Å². The van der Waals surface area contributed by atoms with Crippen LogP contribution in [-0.4, -0.2) is 28.9 Å². The fraction of sp³-hybridized carbons (Fsp3) is 0.176. The van der Waals surface area contributed by atoms with Crippen molar-refractivity contribution in [3.8, 4) is 22.8 Å². The van der Waals surface area contributed by atoms with E-state index in [9.17, 15) is 8.78 Å². The average molecular weight is 331 g/mol. The van der Waals surface area contributed by atoms with Crippen LogP contribution in [0.1, 0.15) is 11.3 Å². The van der Waals surface area contributed by atoms with Crippen LogP contribution in [0.15, 0.2) is 48.8 Å². The molecular weight excluding hydrogens is 316 g/mol. The average Bonchev–Trinajstić information content (AvgIpc) is 3.09. The highest BCUT2D eigenvalue weighted by Gasteiger charge is 2.15. The summed E-state index contributed by atoms with van der Waals surface area (Å²) >= 11 is 0. The highest BCUT2D eigenvalue weighted by Crippen LogP contribution is 2.32. The van der Waals surface area contributed by atoms with Crippen LogP contribution in [0.4, 0.5) is 8.78 Å². The van der Waals surface area contributed by atoms with Crippen molar-refractivity contribution in [2.45, 2.75) is 13.0 Å². The molecule has 1 aromatic carbocycles. The highest BCUT2D eigenvalue weighted by atomic mass is 19.3. The van der Waals surface area contributed by atoms with Gasteiger partial charge in [-0.25, -0.2) is 4.98 Å². The van der Waals surface area contributed by atoms with E-state index in [1.807, 2.05) is 0 Å². The maximum Gasteiger partial charge on any atom is 0.387 e. The molecule has 0 unspecified atom stereocenters. The lowest BCUT2D eigenvalue weighted by Crippen LogP contribution is -2.05. The SMILES string of the molecule is COc1cccc(-c2nc(Cc3cn[nH]c3)ccc2OC(F)F)c1. The van der Waals surface area contributed by atoms with Crippen molar-refractivity contribution in [2.75, 3.05) is 7.11 Å². The predicted molar refractivity (Wildman–Crippen MR) is 84.3 cm³/mol. The Hall–Kier alpha value is -2.96. The van der Waals surface area contributed by atoms with E-state index in [4.69, 9.17) is 4.74 Å². The van der Waals surface area contributed by atoms with E-state index in [1.54, 1.807) is 49.8 Å². The third-order valence-electron chi connectivity index (χ3n) is 3.42. The van der Waals surface area contributed by atoms with Gasteiger partial charge in [0.15, 0.2) is 5.75 Å². The fourth-order valence-corrected chi connectivity index (χ4v) is 2.34. The van der Waals surface area contributed by atoms with E-state index < -0.39 is 6.61 Å². The van der Waals surface area contributed by atoms with Crippen LogP contribution in [0.2, 0.25) is 0 Å². The van der Waals surface area contributed by atoms with Gasteiger partial charge in [-0.1, -0.05) is 12.1 Å². The molecule has 0 aliphatic rings. The van der Waals surface area contributed by atoms with Crippen molar-refractivity contribution < 1.29 is 18.3 Å². The molecule has 0 bridgehead atoms. The van der Waals surface area contributed by atoms with Crippen molar-refractivity contribution in [2.24, 2.45) is 0 Å². The number of H-pyrrole nitrogens is 1. The Balaban J connectivity index is 2.01. The summed E-state index contributed by atoms with van der Waals surface area (Å²) in [5.41, 5.74) is 2.65. The van der Waals surface area contributed by atoms with E-state index >= 15 is 0 Å². The number of hydrogen-bond acceptors (Lipinski definition) is 4. The summed E-state index contributed by atoms with van der Waals surface area (Å²) in [6.45, 7) is -2.92. The lowest BCUT2D eigenvalue weighted by molar-refractivity contribution is -0.0496. The number of alkyl halides is 2. The zero-order valence-electron chi connectivity index (χ0n) is 12.9. The van der Waals surface area contributed by atoms with Gasteiger partial charge in [0.25, 0.3) is 0 Å². The molecule has 3 aromatic rings. The third kappa shape index (κ3) is 3.68. The van der Waals surface area contributed by atoms with E-state index in [1.165, 1.54) is 6.07 Å². The number of nitrogens with zero attached hydrogens (tertiary/aromatic N) is 2. The summed E-state index contributed by atoms with van der Waals surface area (Å²) in [7, 11) is 1.54. The summed E-state index contributed by atoms with van der Waals surface area (Å²) in [5, 5.41) is 6.62. The van der Waals surface area contributed by atoms with Crippen LogP contribution in [0.3, 0.4) is 0 Å². The van der Waals surface area contributed by atoms with E-state index in [2.05, 4.69) is 19.9 Å². The van der Waals surface area contributed by atoms with Gasteiger partial charge < -0.3 is 9.47 Å². The van der Waals surface area contributed by atoms with Crippen LogP contribution < -0.4 is 9.47 Å². The molecule has 2 heterocycles. The largest absolute Gasteiger partial charge is 0.497 e. The smallest absolute Gasteiger partial charge is 0.387 e. The molecule has 0 radical (unpaired) electrons. The van der Waals surface area contributed by atoms with Gasteiger partial charge in [0.1, 0.15) is 11.4 Å². The standard InChI is InChI=1S/C17H15F2N3O2/c1-23-14-4-2-3-12(8-14)16-15(24-17(18)19)6-5-13(22-16)7-11-9-20-21-10-11/h2-6,8-10,17H,7H2,1H3,(H,20,21). The first-order valence-electron chi connectivity index (χ1n) is 7.22. The first-order chi connectivity index (χ1) is 11.7. The maximum atomic E-state index is 12.7. The highest BCUT2D eigenvalue weighted by molar-refractivity contribution is 5.68. The van der Waals surface area contributed by atoms with Gasteiger partial charge >= 0.3 is 6.61 Å². The molecule has 0 aliphatic carbocycles. The molecule has 0 spiro atoms. The number of aromatic amines is 1. The number of aromatic nitrogens is 3. The topological polar surface area (TPSA) is 60.0 Å². The number of methoxy groups -OCH3 is 1. The summed E-state index contributed by atoms with van der Waals surface area (Å²) < 4.78 is 35.2. The van der Waals surface area contributed by atoms with Gasteiger partial charge in [-0.2, -0.15) is 13.9 Å². The lowest BCUT2D eigenvalue weighted by Gasteiger charge is -2.12. The Labute approximate surface area is 137 Å². The number of halogens is 2. The maximum absolute atomic E-state index is 12.7. The molecule has 0 saturated heterocycles. The monoisotopic (exact) mass is 331 g/mol. The third-order valence-corrected chi connectivity index (χ3v) is 3.42. The Morgan fingerprint density at radius 3 is 2.79 bits per heavy atom. The molecule has 0 amide bonds. The van der Waals surface area contributed by atoms with Crippen LogP contribution in [0, 0.1) is 0 Å². The molecule has 1 N–H and O–H groups in total.